The third kappa shape index (κ3) is 6.34. The second kappa shape index (κ2) is 11.6. The summed E-state index contributed by atoms with van der Waals surface area (Å²) in [5.41, 5.74) is 3.58. The summed E-state index contributed by atoms with van der Waals surface area (Å²) in [6, 6.07) is 15.4. The lowest BCUT2D eigenvalue weighted by Gasteiger charge is -2.22. The third-order valence-electron chi connectivity index (χ3n) is 6.29. The first-order valence-corrected chi connectivity index (χ1v) is 12.2. The maximum absolute atomic E-state index is 12.8. The first kappa shape index (κ1) is 23.7. The molecule has 1 saturated carbocycles. The fourth-order valence-corrected chi connectivity index (χ4v) is 4.47. The van der Waals surface area contributed by atoms with Crippen molar-refractivity contribution in [2.75, 3.05) is 19.0 Å². The Hall–Kier alpha value is -3.41. The summed E-state index contributed by atoms with van der Waals surface area (Å²) in [5.74, 6) is 2.66. The van der Waals surface area contributed by atoms with E-state index in [4.69, 9.17) is 14.5 Å². The topological polar surface area (TPSA) is 73.3 Å². The summed E-state index contributed by atoms with van der Waals surface area (Å²) in [4.78, 5) is 22.4. The molecule has 1 amide bonds. The van der Waals surface area contributed by atoms with E-state index in [0.717, 1.165) is 40.4 Å². The van der Waals surface area contributed by atoms with Crippen molar-refractivity contribution < 1.29 is 14.3 Å². The summed E-state index contributed by atoms with van der Waals surface area (Å²) >= 11 is 0. The van der Waals surface area contributed by atoms with Crippen LogP contribution in [0.1, 0.15) is 50.3 Å². The molecule has 4 rings (SSSR count). The summed E-state index contributed by atoms with van der Waals surface area (Å²) in [6.07, 6.45) is 9.07. The Kier molecular flexibility index (Phi) is 8.12. The van der Waals surface area contributed by atoms with Crippen LogP contribution < -0.4 is 14.8 Å². The SMILES string of the molecule is CCOc1ccc(-c2cnc(NC(=O)Cc3ccc(OC)cc3)c(CC3CCCCC3)n2)cc1. The van der Waals surface area contributed by atoms with Crippen molar-refractivity contribution in [2.24, 2.45) is 5.92 Å². The predicted octanol–water partition coefficient (Wildman–Crippen LogP) is 5.85. The predicted molar refractivity (Wildman–Crippen MR) is 134 cm³/mol. The number of nitrogens with zero attached hydrogens (tertiary/aromatic N) is 2. The Balaban J connectivity index is 1.53. The molecule has 1 heterocycles. The van der Waals surface area contributed by atoms with Crippen molar-refractivity contribution in [1.29, 1.82) is 0 Å². The van der Waals surface area contributed by atoms with E-state index in [0.29, 0.717) is 18.3 Å². The number of methoxy groups -OCH3 is 1. The number of carbonyl (C=O) groups is 1. The second-order valence-electron chi connectivity index (χ2n) is 8.79. The van der Waals surface area contributed by atoms with Crippen LogP contribution >= 0.6 is 0 Å². The molecule has 1 aliphatic carbocycles. The summed E-state index contributed by atoms with van der Waals surface area (Å²) < 4.78 is 10.8. The van der Waals surface area contributed by atoms with E-state index in [-0.39, 0.29) is 12.3 Å². The summed E-state index contributed by atoms with van der Waals surface area (Å²) in [6.45, 7) is 2.61. The lowest BCUT2D eigenvalue weighted by molar-refractivity contribution is -0.115. The standard InChI is InChI=1S/C28H33N3O3/c1-3-34-24-15-11-22(12-16-24)26-19-29-28(25(30-26)17-20-7-5-4-6-8-20)31-27(32)18-21-9-13-23(33-2)14-10-21/h9-16,19-20H,3-8,17-18H2,1-2H3,(H,29,31,32). The van der Waals surface area contributed by atoms with Gasteiger partial charge in [0.2, 0.25) is 5.91 Å². The molecule has 1 N–H and O–H groups in total. The number of ether oxygens (including phenoxy) is 2. The van der Waals surface area contributed by atoms with Crippen molar-refractivity contribution in [3.8, 4) is 22.8 Å². The van der Waals surface area contributed by atoms with Crippen LogP contribution in [0.15, 0.2) is 54.7 Å². The van der Waals surface area contributed by atoms with Gasteiger partial charge in [0, 0.05) is 5.56 Å². The van der Waals surface area contributed by atoms with Crippen LogP contribution in [0.3, 0.4) is 0 Å². The molecule has 34 heavy (non-hydrogen) atoms. The van der Waals surface area contributed by atoms with Crippen LogP contribution in [0, 0.1) is 5.92 Å². The van der Waals surface area contributed by atoms with Crippen LogP contribution in [0.4, 0.5) is 5.82 Å². The average Bonchev–Trinajstić information content (AvgIpc) is 2.87. The number of hydrogen-bond acceptors (Lipinski definition) is 5. The van der Waals surface area contributed by atoms with E-state index in [1.54, 1.807) is 13.3 Å². The monoisotopic (exact) mass is 459 g/mol. The molecule has 1 aliphatic rings. The van der Waals surface area contributed by atoms with E-state index < -0.39 is 0 Å². The molecular weight excluding hydrogens is 426 g/mol. The molecule has 0 radical (unpaired) electrons. The highest BCUT2D eigenvalue weighted by Gasteiger charge is 2.19. The lowest BCUT2D eigenvalue weighted by atomic mass is 9.86. The molecule has 0 aliphatic heterocycles. The third-order valence-corrected chi connectivity index (χ3v) is 6.29. The highest BCUT2D eigenvalue weighted by atomic mass is 16.5. The zero-order chi connectivity index (χ0) is 23.8. The molecule has 1 fully saturated rings. The first-order chi connectivity index (χ1) is 16.6. The average molecular weight is 460 g/mol. The van der Waals surface area contributed by atoms with Crippen LogP contribution in [0.25, 0.3) is 11.3 Å². The van der Waals surface area contributed by atoms with Crippen molar-refractivity contribution in [1.82, 2.24) is 9.97 Å². The Bertz CT molecular complexity index is 1080. The number of carbonyl (C=O) groups excluding carboxylic acids is 1. The Morgan fingerprint density at radius 3 is 2.38 bits per heavy atom. The molecule has 6 heteroatoms. The van der Waals surface area contributed by atoms with Gasteiger partial charge < -0.3 is 14.8 Å². The van der Waals surface area contributed by atoms with Crippen LogP contribution in [-0.4, -0.2) is 29.6 Å². The van der Waals surface area contributed by atoms with E-state index in [2.05, 4.69) is 10.3 Å². The largest absolute Gasteiger partial charge is 0.497 e. The summed E-state index contributed by atoms with van der Waals surface area (Å²) in [5, 5.41) is 3.02. The zero-order valence-corrected chi connectivity index (χ0v) is 20.0. The van der Waals surface area contributed by atoms with E-state index >= 15 is 0 Å². The smallest absolute Gasteiger partial charge is 0.229 e. The highest BCUT2D eigenvalue weighted by Crippen LogP contribution is 2.30. The number of aromatic nitrogens is 2. The number of anilines is 1. The lowest BCUT2D eigenvalue weighted by Crippen LogP contribution is -2.19. The van der Waals surface area contributed by atoms with E-state index in [1.165, 1.54) is 32.1 Å². The molecule has 1 aromatic heterocycles. The molecule has 0 saturated heterocycles. The van der Waals surface area contributed by atoms with Gasteiger partial charge in [-0.3, -0.25) is 4.79 Å². The Morgan fingerprint density at radius 1 is 1.00 bits per heavy atom. The number of benzene rings is 2. The fourth-order valence-electron chi connectivity index (χ4n) is 4.47. The van der Waals surface area contributed by atoms with Gasteiger partial charge in [0.15, 0.2) is 5.82 Å². The molecule has 178 valence electrons. The van der Waals surface area contributed by atoms with Gasteiger partial charge in [-0.05, 0) is 61.2 Å². The molecule has 0 bridgehead atoms. The quantitative estimate of drug-likeness (QED) is 0.434. The maximum Gasteiger partial charge on any atom is 0.229 e. The molecule has 6 nitrogen and oxygen atoms in total. The number of rotatable bonds is 9. The molecule has 0 spiro atoms. The van der Waals surface area contributed by atoms with Gasteiger partial charge in [-0.1, -0.05) is 44.2 Å². The van der Waals surface area contributed by atoms with Gasteiger partial charge in [-0.15, -0.1) is 0 Å². The molecular formula is C28H33N3O3. The van der Waals surface area contributed by atoms with Crippen molar-refractivity contribution in [3.63, 3.8) is 0 Å². The molecule has 2 aromatic carbocycles. The van der Waals surface area contributed by atoms with Gasteiger partial charge in [0.25, 0.3) is 0 Å². The zero-order valence-electron chi connectivity index (χ0n) is 20.0. The van der Waals surface area contributed by atoms with E-state index in [9.17, 15) is 4.79 Å². The molecule has 3 aromatic rings. The first-order valence-electron chi connectivity index (χ1n) is 12.2. The van der Waals surface area contributed by atoms with Gasteiger partial charge in [-0.2, -0.15) is 0 Å². The van der Waals surface area contributed by atoms with Gasteiger partial charge in [0.05, 0.1) is 37.7 Å². The normalized spacial score (nSPS) is 13.9. The van der Waals surface area contributed by atoms with Crippen LogP contribution in [0.2, 0.25) is 0 Å². The Morgan fingerprint density at radius 2 is 1.71 bits per heavy atom. The van der Waals surface area contributed by atoms with Gasteiger partial charge >= 0.3 is 0 Å². The highest BCUT2D eigenvalue weighted by molar-refractivity contribution is 5.92. The van der Waals surface area contributed by atoms with Gasteiger partial charge in [-0.25, -0.2) is 9.97 Å². The fraction of sp³-hybridized carbons (Fsp3) is 0.393. The van der Waals surface area contributed by atoms with Gasteiger partial charge in [0.1, 0.15) is 11.5 Å². The number of hydrogen-bond donors (Lipinski definition) is 1. The summed E-state index contributed by atoms with van der Waals surface area (Å²) in [7, 11) is 1.63. The Labute approximate surface area is 201 Å². The van der Waals surface area contributed by atoms with Crippen molar-refractivity contribution in [2.45, 2.75) is 51.9 Å². The van der Waals surface area contributed by atoms with Crippen molar-refractivity contribution >= 4 is 11.7 Å². The maximum atomic E-state index is 12.8. The number of amides is 1. The molecule has 0 unspecified atom stereocenters. The van der Waals surface area contributed by atoms with Crippen LogP contribution in [0.5, 0.6) is 11.5 Å². The van der Waals surface area contributed by atoms with Crippen LogP contribution in [-0.2, 0) is 17.6 Å². The number of nitrogens with one attached hydrogen (secondary N) is 1. The van der Waals surface area contributed by atoms with Crippen molar-refractivity contribution in [3.05, 3.63) is 66.0 Å². The van der Waals surface area contributed by atoms with E-state index in [1.807, 2.05) is 55.5 Å². The minimum absolute atomic E-state index is 0.0989. The second-order valence-corrected chi connectivity index (χ2v) is 8.79. The minimum atomic E-state index is -0.0989. The minimum Gasteiger partial charge on any atom is -0.497 e. The molecule has 0 atom stereocenters.